The van der Waals surface area contributed by atoms with Gasteiger partial charge in [-0.2, -0.15) is 0 Å². The summed E-state index contributed by atoms with van der Waals surface area (Å²) >= 11 is 0. The number of amides is 1. The summed E-state index contributed by atoms with van der Waals surface area (Å²) < 4.78 is 11.3. The van der Waals surface area contributed by atoms with E-state index in [0.717, 1.165) is 57.9 Å². The molecule has 1 aromatic heterocycles. The Labute approximate surface area is 155 Å². The molecule has 3 atom stereocenters. The molecule has 1 amide bonds. The number of hydrogen-bond donors (Lipinski definition) is 0. The molecule has 1 aliphatic carbocycles. The van der Waals surface area contributed by atoms with Gasteiger partial charge in [0.05, 0.1) is 24.4 Å². The summed E-state index contributed by atoms with van der Waals surface area (Å²) in [5.74, 6) is 1.51. The Morgan fingerprint density at radius 2 is 2.00 bits per heavy atom. The average molecular weight is 359 g/mol. The molecule has 6 nitrogen and oxygen atoms in total. The minimum Gasteiger partial charge on any atom is -0.381 e. The molecule has 2 saturated heterocycles. The van der Waals surface area contributed by atoms with Crippen LogP contribution in [0.3, 0.4) is 0 Å². The van der Waals surface area contributed by atoms with Crippen molar-refractivity contribution in [2.45, 2.75) is 51.4 Å². The highest BCUT2D eigenvalue weighted by Gasteiger charge is 2.35. The van der Waals surface area contributed by atoms with Crippen LogP contribution < -0.4 is 4.90 Å². The Morgan fingerprint density at radius 1 is 1.23 bits per heavy atom. The van der Waals surface area contributed by atoms with E-state index in [0.29, 0.717) is 17.5 Å². The van der Waals surface area contributed by atoms with Crippen molar-refractivity contribution >= 4 is 11.7 Å². The van der Waals surface area contributed by atoms with Gasteiger partial charge in [-0.3, -0.25) is 4.79 Å². The van der Waals surface area contributed by atoms with Gasteiger partial charge in [0.1, 0.15) is 5.82 Å². The van der Waals surface area contributed by atoms with Gasteiger partial charge < -0.3 is 19.3 Å². The van der Waals surface area contributed by atoms with Crippen LogP contribution in [0.15, 0.2) is 18.3 Å². The number of hydrogen-bond acceptors (Lipinski definition) is 5. The second-order valence-corrected chi connectivity index (χ2v) is 7.99. The number of nitrogens with zero attached hydrogens (tertiary/aromatic N) is 3. The van der Waals surface area contributed by atoms with Crippen molar-refractivity contribution in [1.29, 1.82) is 0 Å². The van der Waals surface area contributed by atoms with Gasteiger partial charge in [-0.15, -0.1) is 0 Å². The number of morpholine rings is 1. The highest BCUT2D eigenvalue weighted by Crippen LogP contribution is 2.30. The Morgan fingerprint density at radius 3 is 2.58 bits per heavy atom. The van der Waals surface area contributed by atoms with Crippen LogP contribution in [0.4, 0.5) is 5.82 Å². The normalized spacial score (nSPS) is 29.0. The maximum atomic E-state index is 13.0. The van der Waals surface area contributed by atoms with Crippen LogP contribution in [-0.4, -0.2) is 66.9 Å². The number of pyridine rings is 1. The van der Waals surface area contributed by atoms with Gasteiger partial charge in [-0.05, 0) is 45.2 Å². The highest BCUT2D eigenvalue weighted by molar-refractivity contribution is 5.94. The lowest BCUT2D eigenvalue weighted by Crippen LogP contribution is -2.45. The topological polar surface area (TPSA) is 54.9 Å². The van der Waals surface area contributed by atoms with E-state index in [-0.39, 0.29) is 18.1 Å². The Kier molecular flexibility index (Phi) is 5.14. The van der Waals surface area contributed by atoms with Gasteiger partial charge in [-0.25, -0.2) is 4.98 Å². The number of anilines is 1. The number of aromatic nitrogens is 1. The maximum absolute atomic E-state index is 13.0. The minimum atomic E-state index is 0.113. The molecule has 0 aromatic carbocycles. The van der Waals surface area contributed by atoms with E-state index in [2.05, 4.69) is 28.6 Å². The van der Waals surface area contributed by atoms with Crippen molar-refractivity contribution in [2.24, 2.45) is 5.92 Å². The molecule has 6 heteroatoms. The lowest BCUT2D eigenvalue weighted by molar-refractivity contribution is -0.00546. The van der Waals surface area contributed by atoms with Crippen LogP contribution in [-0.2, 0) is 9.47 Å². The molecule has 1 saturated carbocycles. The van der Waals surface area contributed by atoms with E-state index in [4.69, 9.17) is 9.47 Å². The molecule has 2 aliphatic heterocycles. The Balaban J connectivity index is 1.44. The molecule has 1 aromatic rings. The molecular weight excluding hydrogens is 330 g/mol. The van der Waals surface area contributed by atoms with Gasteiger partial charge in [0.15, 0.2) is 0 Å². The van der Waals surface area contributed by atoms with E-state index in [1.54, 1.807) is 6.20 Å². The van der Waals surface area contributed by atoms with Crippen LogP contribution in [0.1, 0.15) is 43.5 Å². The molecule has 4 rings (SSSR count). The van der Waals surface area contributed by atoms with Crippen LogP contribution >= 0.6 is 0 Å². The Bertz CT molecular complexity index is 616. The van der Waals surface area contributed by atoms with E-state index < -0.39 is 0 Å². The number of carbonyl (C=O) groups excluding carboxylic acids is 1. The van der Waals surface area contributed by atoms with E-state index in [1.807, 2.05) is 12.1 Å². The summed E-state index contributed by atoms with van der Waals surface area (Å²) in [5.41, 5.74) is 0.689. The van der Waals surface area contributed by atoms with Gasteiger partial charge >= 0.3 is 0 Å². The molecule has 26 heavy (non-hydrogen) atoms. The van der Waals surface area contributed by atoms with Crippen molar-refractivity contribution in [3.63, 3.8) is 0 Å². The monoisotopic (exact) mass is 359 g/mol. The van der Waals surface area contributed by atoms with E-state index in [9.17, 15) is 4.79 Å². The fourth-order valence-corrected chi connectivity index (χ4v) is 4.02. The van der Waals surface area contributed by atoms with Crippen LogP contribution in [0.25, 0.3) is 0 Å². The van der Waals surface area contributed by atoms with Crippen LogP contribution in [0.2, 0.25) is 0 Å². The van der Waals surface area contributed by atoms with Crippen LogP contribution in [0, 0.1) is 5.92 Å². The largest absolute Gasteiger partial charge is 0.381 e. The third-order valence-electron chi connectivity index (χ3n) is 5.47. The number of rotatable bonds is 5. The third kappa shape index (κ3) is 4.01. The van der Waals surface area contributed by atoms with Gasteiger partial charge in [-0.1, -0.05) is 0 Å². The SMILES string of the molecule is C[C@@H]1CN(c2ccc(C(=O)N(C[C@@H]3CCOC3)C3CC3)cn2)C[C@H](C)O1. The summed E-state index contributed by atoms with van der Waals surface area (Å²) in [7, 11) is 0. The first-order valence-electron chi connectivity index (χ1n) is 9.85. The number of ether oxygens (including phenoxy) is 2. The first-order chi connectivity index (χ1) is 12.6. The predicted molar refractivity (Wildman–Crippen MR) is 99.4 cm³/mol. The lowest BCUT2D eigenvalue weighted by atomic mass is 10.1. The fourth-order valence-electron chi connectivity index (χ4n) is 4.02. The maximum Gasteiger partial charge on any atom is 0.255 e. The summed E-state index contributed by atoms with van der Waals surface area (Å²) in [6.07, 6.45) is 5.43. The molecule has 0 bridgehead atoms. The van der Waals surface area contributed by atoms with Gasteiger partial charge in [0.2, 0.25) is 0 Å². The van der Waals surface area contributed by atoms with Crippen LogP contribution in [0.5, 0.6) is 0 Å². The smallest absolute Gasteiger partial charge is 0.255 e. The summed E-state index contributed by atoms with van der Waals surface area (Å²) in [5, 5.41) is 0. The van der Waals surface area contributed by atoms with E-state index in [1.165, 1.54) is 0 Å². The zero-order chi connectivity index (χ0) is 18.1. The molecule has 0 unspecified atom stereocenters. The van der Waals surface area contributed by atoms with Crippen molar-refractivity contribution in [2.75, 3.05) is 37.7 Å². The van der Waals surface area contributed by atoms with Crippen molar-refractivity contribution in [3.05, 3.63) is 23.9 Å². The van der Waals surface area contributed by atoms with E-state index >= 15 is 0 Å². The summed E-state index contributed by atoms with van der Waals surface area (Å²) in [6, 6.07) is 4.31. The second-order valence-electron chi connectivity index (χ2n) is 7.99. The molecular formula is C20H29N3O3. The average Bonchev–Trinajstić information content (AvgIpc) is 3.34. The standard InChI is InChI=1S/C20H29N3O3/c1-14-10-22(11-15(2)26-14)19-6-3-17(9-21-19)20(24)23(18-4-5-18)12-16-7-8-25-13-16/h3,6,9,14-16,18H,4-5,7-8,10-13H2,1-2H3/t14-,15+,16-/m0/s1. The van der Waals surface area contributed by atoms with Gasteiger partial charge in [0, 0.05) is 44.4 Å². The summed E-state index contributed by atoms with van der Waals surface area (Å²) in [6.45, 7) is 8.25. The van der Waals surface area contributed by atoms with Crippen molar-refractivity contribution in [1.82, 2.24) is 9.88 Å². The minimum absolute atomic E-state index is 0.113. The fraction of sp³-hybridized carbons (Fsp3) is 0.700. The molecule has 0 spiro atoms. The molecule has 3 fully saturated rings. The lowest BCUT2D eigenvalue weighted by Gasteiger charge is -2.36. The molecule has 0 radical (unpaired) electrons. The first-order valence-corrected chi connectivity index (χ1v) is 9.85. The molecule has 3 heterocycles. The number of carbonyl (C=O) groups is 1. The highest BCUT2D eigenvalue weighted by atomic mass is 16.5. The summed E-state index contributed by atoms with van der Waals surface area (Å²) in [4.78, 5) is 21.9. The molecule has 3 aliphatic rings. The van der Waals surface area contributed by atoms with Gasteiger partial charge in [0.25, 0.3) is 5.91 Å². The van der Waals surface area contributed by atoms with Crippen molar-refractivity contribution in [3.8, 4) is 0 Å². The molecule has 142 valence electrons. The second kappa shape index (κ2) is 7.53. The zero-order valence-corrected chi connectivity index (χ0v) is 15.8. The molecule has 0 N–H and O–H groups in total. The first kappa shape index (κ1) is 17.7. The third-order valence-corrected chi connectivity index (χ3v) is 5.47. The van der Waals surface area contributed by atoms with Crippen molar-refractivity contribution < 1.29 is 14.3 Å². The predicted octanol–water partition coefficient (Wildman–Crippen LogP) is 2.34. The quantitative estimate of drug-likeness (QED) is 0.808. The zero-order valence-electron chi connectivity index (χ0n) is 15.8. The Hall–Kier alpha value is -1.66.